The minimum absolute atomic E-state index is 0.0827. The van der Waals surface area contributed by atoms with Gasteiger partial charge in [0.1, 0.15) is 0 Å². The van der Waals surface area contributed by atoms with Gasteiger partial charge in [-0.2, -0.15) is 0 Å². The lowest BCUT2D eigenvalue weighted by Crippen LogP contribution is -2.44. The highest BCUT2D eigenvalue weighted by molar-refractivity contribution is 7.80. The van der Waals surface area contributed by atoms with Gasteiger partial charge in [-0.25, -0.2) is 0 Å². The van der Waals surface area contributed by atoms with E-state index in [1.165, 1.54) is 6.07 Å². The van der Waals surface area contributed by atoms with Crippen molar-refractivity contribution in [3.8, 4) is 0 Å². The van der Waals surface area contributed by atoms with Crippen LogP contribution in [0.2, 0.25) is 0 Å². The first-order valence-corrected chi connectivity index (χ1v) is 9.88. The summed E-state index contributed by atoms with van der Waals surface area (Å²) in [7, 11) is 0. The van der Waals surface area contributed by atoms with Crippen molar-refractivity contribution in [2.75, 3.05) is 11.9 Å². The summed E-state index contributed by atoms with van der Waals surface area (Å²) in [6.07, 6.45) is 2.04. The van der Waals surface area contributed by atoms with Crippen LogP contribution >= 0.6 is 12.2 Å². The molecule has 0 saturated carbocycles. The van der Waals surface area contributed by atoms with Crippen LogP contribution < -0.4 is 5.32 Å². The van der Waals surface area contributed by atoms with Crippen LogP contribution in [0.15, 0.2) is 60.8 Å². The van der Waals surface area contributed by atoms with Crippen LogP contribution in [0.3, 0.4) is 0 Å². The molecule has 148 valence electrons. The highest BCUT2D eigenvalue weighted by Crippen LogP contribution is 2.34. The number of nitro benzene ring substituents is 1. The minimum atomic E-state index is -0.359. The molecule has 0 radical (unpaired) electrons. The highest BCUT2D eigenvalue weighted by atomic mass is 32.1. The number of benzene rings is 2. The number of nitrogens with one attached hydrogen (secondary N) is 1. The Bertz CT molecular complexity index is 1070. The summed E-state index contributed by atoms with van der Waals surface area (Å²) in [5, 5.41) is 15.3. The van der Waals surface area contributed by atoms with Crippen molar-refractivity contribution >= 4 is 28.7 Å². The lowest BCUT2D eigenvalue weighted by atomic mass is 10.00. The Morgan fingerprint density at radius 2 is 1.86 bits per heavy atom. The van der Waals surface area contributed by atoms with Gasteiger partial charge < -0.3 is 14.8 Å². The molecule has 0 amide bonds. The van der Waals surface area contributed by atoms with E-state index in [9.17, 15) is 10.1 Å². The second-order valence-electron chi connectivity index (χ2n) is 7.38. The molecule has 1 aliphatic heterocycles. The van der Waals surface area contributed by atoms with E-state index in [4.69, 9.17) is 12.2 Å². The monoisotopic (exact) mass is 406 g/mol. The van der Waals surface area contributed by atoms with E-state index in [1.54, 1.807) is 12.1 Å². The number of nitro groups is 1. The fourth-order valence-electron chi connectivity index (χ4n) is 4.00. The van der Waals surface area contributed by atoms with Crippen molar-refractivity contribution in [2.45, 2.75) is 26.4 Å². The van der Waals surface area contributed by atoms with Crippen molar-refractivity contribution in [1.82, 2.24) is 9.47 Å². The second-order valence-corrected chi connectivity index (χ2v) is 7.77. The Hall–Kier alpha value is -3.19. The number of aromatic nitrogens is 1. The number of anilines is 1. The second kappa shape index (κ2) is 7.67. The largest absolute Gasteiger partial charge is 0.348 e. The third-order valence-corrected chi connectivity index (χ3v) is 5.51. The quantitative estimate of drug-likeness (QED) is 0.384. The maximum atomic E-state index is 11.3. The molecule has 0 unspecified atom stereocenters. The molecule has 0 fully saturated rings. The first kappa shape index (κ1) is 19.1. The molecule has 1 aliphatic rings. The van der Waals surface area contributed by atoms with E-state index < -0.39 is 0 Å². The SMILES string of the molecule is Cc1cc(C)cc(NC(=S)N2CCn3cccc3[C@H]2c2cccc([N+](=O)[O-])c2)c1. The van der Waals surface area contributed by atoms with Gasteiger partial charge in [0.05, 0.1) is 11.0 Å². The molecular formula is C22H22N4O2S. The van der Waals surface area contributed by atoms with Crippen molar-refractivity contribution in [1.29, 1.82) is 0 Å². The highest BCUT2D eigenvalue weighted by Gasteiger charge is 2.31. The number of hydrogen-bond donors (Lipinski definition) is 1. The Morgan fingerprint density at radius 1 is 1.10 bits per heavy atom. The summed E-state index contributed by atoms with van der Waals surface area (Å²) in [4.78, 5) is 13.1. The van der Waals surface area contributed by atoms with Gasteiger partial charge in [0.2, 0.25) is 0 Å². The maximum absolute atomic E-state index is 11.3. The van der Waals surface area contributed by atoms with E-state index in [2.05, 4.69) is 52.9 Å². The lowest BCUT2D eigenvalue weighted by molar-refractivity contribution is -0.384. The van der Waals surface area contributed by atoms with Gasteiger partial charge in [-0.3, -0.25) is 10.1 Å². The predicted octanol–water partition coefficient (Wildman–Crippen LogP) is 4.82. The third kappa shape index (κ3) is 3.86. The fraction of sp³-hybridized carbons (Fsp3) is 0.227. The third-order valence-electron chi connectivity index (χ3n) is 5.17. The van der Waals surface area contributed by atoms with Crippen molar-refractivity contribution in [3.05, 3.63) is 93.3 Å². The summed E-state index contributed by atoms with van der Waals surface area (Å²) in [6.45, 7) is 5.63. The Labute approximate surface area is 174 Å². The Morgan fingerprint density at radius 3 is 2.59 bits per heavy atom. The molecule has 1 N–H and O–H groups in total. The molecule has 0 bridgehead atoms. The molecular weight excluding hydrogens is 384 g/mol. The van der Waals surface area contributed by atoms with Crippen molar-refractivity contribution < 1.29 is 4.92 Å². The average Bonchev–Trinajstić information content (AvgIpc) is 3.15. The summed E-state index contributed by atoms with van der Waals surface area (Å²) in [6, 6.07) is 16.9. The van der Waals surface area contributed by atoms with Gasteiger partial charge in [-0.15, -0.1) is 0 Å². The predicted molar refractivity (Wildman–Crippen MR) is 118 cm³/mol. The summed E-state index contributed by atoms with van der Waals surface area (Å²) >= 11 is 5.78. The van der Waals surface area contributed by atoms with Crippen LogP contribution in [0.1, 0.15) is 28.4 Å². The lowest BCUT2D eigenvalue weighted by Gasteiger charge is -2.39. The zero-order chi connectivity index (χ0) is 20.5. The first-order chi connectivity index (χ1) is 13.9. The number of thiocarbonyl (C=S) groups is 1. The molecule has 1 aromatic heterocycles. The number of non-ortho nitro benzene ring substituents is 1. The van der Waals surface area contributed by atoms with Crippen LogP contribution in [-0.4, -0.2) is 26.0 Å². The van der Waals surface area contributed by atoms with E-state index >= 15 is 0 Å². The van der Waals surface area contributed by atoms with E-state index in [0.29, 0.717) is 11.7 Å². The van der Waals surface area contributed by atoms with Gasteiger partial charge >= 0.3 is 0 Å². The van der Waals surface area contributed by atoms with Crippen LogP contribution in [0.25, 0.3) is 0 Å². The fourth-order valence-corrected chi connectivity index (χ4v) is 4.32. The number of nitrogens with zero attached hydrogens (tertiary/aromatic N) is 3. The number of hydrogen-bond acceptors (Lipinski definition) is 3. The maximum Gasteiger partial charge on any atom is 0.269 e. The molecule has 3 aromatic rings. The van der Waals surface area contributed by atoms with Crippen LogP contribution in [0.5, 0.6) is 0 Å². The zero-order valence-electron chi connectivity index (χ0n) is 16.3. The minimum Gasteiger partial charge on any atom is -0.348 e. The molecule has 2 aromatic carbocycles. The van der Waals surface area contributed by atoms with Crippen LogP contribution in [0, 0.1) is 24.0 Å². The number of fused-ring (bicyclic) bond motifs is 1. The average molecular weight is 407 g/mol. The summed E-state index contributed by atoms with van der Waals surface area (Å²) < 4.78 is 2.18. The Kier molecular flexibility index (Phi) is 5.07. The summed E-state index contributed by atoms with van der Waals surface area (Å²) in [5.41, 5.74) is 5.28. The van der Waals surface area contributed by atoms with Crippen LogP contribution in [0.4, 0.5) is 11.4 Å². The van der Waals surface area contributed by atoms with Gasteiger partial charge in [0, 0.05) is 42.8 Å². The normalized spacial score (nSPS) is 15.7. The molecule has 29 heavy (non-hydrogen) atoms. The number of aryl methyl sites for hydroxylation is 2. The van der Waals surface area contributed by atoms with Gasteiger partial charge in [-0.1, -0.05) is 18.2 Å². The topological polar surface area (TPSA) is 63.3 Å². The molecule has 0 aliphatic carbocycles. The summed E-state index contributed by atoms with van der Waals surface area (Å²) in [5.74, 6) is 0. The van der Waals surface area contributed by atoms with E-state index in [-0.39, 0.29) is 16.7 Å². The number of rotatable bonds is 3. The van der Waals surface area contributed by atoms with Crippen molar-refractivity contribution in [2.24, 2.45) is 0 Å². The van der Waals surface area contributed by atoms with Crippen molar-refractivity contribution in [3.63, 3.8) is 0 Å². The Balaban J connectivity index is 1.70. The smallest absolute Gasteiger partial charge is 0.269 e. The van der Waals surface area contributed by atoms with Gasteiger partial charge in [0.25, 0.3) is 5.69 Å². The molecule has 2 heterocycles. The molecule has 7 heteroatoms. The first-order valence-electron chi connectivity index (χ1n) is 9.48. The zero-order valence-corrected chi connectivity index (χ0v) is 17.1. The molecule has 4 rings (SSSR count). The van der Waals surface area contributed by atoms with Gasteiger partial charge in [-0.05, 0) is 67.0 Å². The van der Waals surface area contributed by atoms with E-state index in [0.717, 1.165) is 34.6 Å². The standard InChI is InChI=1S/C22H22N4O2S/c1-15-11-16(2)13-18(12-15)23-22(29)25-10-9-24-8-4-7-20(24)21(25)17-5-3-6-19(14-17)26(27)28/h3-8,11-14,21H,9-10H2,1-2H3,(H,23,29)/t21-/m1/s1. The molecule has 0 saturated heterocycles. The molecule has 6 nitrogen and oxygen atoms in total. The van der Waals surface area contributed by atoms with Gasteiger partial charge in [0.15, 0.2) is 5.11 Å². The molecule has 1 atom stereocenters. The van der Waals surface area contributed by atoms with E-state index in [1.807, 2.05) is 18.3 Å². The molecule has 0 spiro atoms. The van der Waals surface area contributed by atoms with Crippen LogP contribution in [-0.2, 0) is 6.54 Å².